The van der Waals surface area contributed by atoms with Crippen molar-refractivity contribution in [2.24, 2.45) is 5.41 Å². The van der Waals surface area contributed by atoms with Gasteiger partial charge in [-0.25, -0.2) is 4.39 Å². The number of amides is 2. The number of pyridine rings is 1. The molecule has 1 saturated heterocycles. The molecule has 8 heteroatoms. The van der Waals surface area contributed by atoms with Crippen molar-refractivity contribution in [2.75, 3.05) is 26.2 Å². The minimum absolute atomic E-state index is 0.0582. The summed E-state index contributed by atoms with van der Waals surface area (Å²) in [4.78, 5) is 56.6. The van der Waals surface area contributed by atoms with Crippen LogP contribution >= 0.6 is 0 Å². The zero-order valence-corrected chi connectivity index (χ0v) is 18.5. The molecule has 0 unspecified atom stereocenters. The molecule has 7 nitrogen and oxygen atoms in total. The van der Waals surface area contributed by atoms with Gasteiger partial charge in [-0.2, -0.15) is 0 Å². The number of fused-ring (bicyclic) bond motifs is 1. The predicted molar refractivity (Wildman–Crippen MR) is 116 cm³/mol. The Morgan fingerprint density at radius 1 is 0.969 bits per heavy atom. The van der Waals surface area contributed by atoms with Gasteiger partial charge in [0, 0.05) is 49.4 Å². The van der Waals surface area contributed by atoms with Gasteiger partial charge < -0.3 is 14.8 Å². The van der Waals surface area contributed by atoms with Gasteiger partial charge in [-0.15, -0.1) is 0 Å². The normalized spacial score (nSPS) is 17.8. The van der Waals surface area contributed by atoms with Gasteiger partial charge in [0.2, 0.25) is 0 Å². The van der Waals surface area contributed by atoms with E-state index < -0.39 is 17.3 Å². The number of aromatic nitrogens is 1. The van der Waals surface area contributed by atoms with E-state index in [0.29, 0.717) is 29.7 Å². The van der Waals surface area contributed by atoms with Crippen molar-refractivity contribution in [3.05, 3.63) is 68.4 Å². The van der Waals surface area contributed by atoms with E-state index in [0.717, 1.165) is 0 Å². The van der Waals surface area contributed by atoms with Gasteiger partial charge in [0.1, 0.15) is 11.4 Å². The first-order chi connectivity index (χ1) is 15.1. The van der Waals surface area contributed by atoms with Gasteiger partial charge in [0.05, 0.1) is 0 Å². The van der Waals surface area contributed by atoms with Crippen LogP contribution in [0.2, 0.25) is 0 Å². The standard InChI is InChI=1S/C24H26FN3O4/c1-14-4-5-15(10-18(14)25)22(31)27-6-8-28(9-7-27)23(32)17-11-16-19(26-21(17)30)12-24(2,3)13-20(16)29/h4-5,10-11H,6-9,12-13H2,1-3H3,(H,26,30). The Bertz CT molecular complexity index is 1180. The maximum atomic E-state index is 13.8. The lowest BCUT2D eigenvalue weighted by molar-refractivity contribution is 0.0534. The highest BCUT2D eigenvalue weighted by Gasteiger charge is 2.34. The molecule has 32 heavy (non-hydrogen) atoms. The third-order valence-electron chi connectivity index (χ3n) is 6.22. The molecule has 4 rings (SSSR count). The zero-order chi connectivity index (χ0) is 23.2. The van der Waals surface area contributed by atoms with Crippen LogP contribution in [0.3, 0.4) is 0 Å². The van der Waals surface area contributed by atoms with E-state index in [1.54, 1.807) is 24.0 Å². The number of carbonyl (C=O) groups excluding carboxylic acids is 3. The van der Waals surface area contributed by atoms with Crippen molar-refractivity contribution in [1.82, 2.24) is 14.8 Å². The van der Waals surface area contributed by atoms with Crippen molar-refractivity contribution < 1.29 is 18.8 Å². The van der Waals surface area contributed by atoms with E-state index in [1.807, 2.05) is 13.8 Å². The zero-order valence-electron chi connectivity index (χ0n) is 18.5. The third-order valence-corrected chi connectivity index (χ3v) is 6.22. The molecule has 1 fully saturated rings. The molecule has 1 aromatic carbocycles. The van der Waals surface area contributed by atoms with E-state index in [2.05, 4.69) is 4.98 Å². The number of benzene rings is 1. The Kier molecular flexibility index (Phi) is 5.48. The van der Waals surface area contributed by atoms with Crippen LogP contribution in [0.15, 0.2) is 29.1 Å². The number of hydrogen-bond donors (Lipinski definition) is 1. The fourth-order valence-electron chi connectivity index (χ4n) is 4.38. The van der Waals surface area contributed by atoms with E-state index in [1.165, 1.54) is 17.0 Å². The molecule has 0 radical (unpaired) electrons. The monoisotopic (exact) mass is 439 g/mol. The first kappa shape index (κ1) is 21.9. The highest BCUT2D eigenvalue weighted by Crippen LogP contribution is 2.33. The summed E-state index contributed by atoms with van der Waals surface area (Å²) in [5, 5.41) is 0. The van der Waals surface area contributed by atoms with Crippen molar-refractivity contribution in [1.29, 1.82) is 0 Å². The summed E-state index contributed by atoms with van der Waals surface area (Å²) < 4.78 is 13.8. The first-order valence-corrected chi connectivity index (χ1v) is 10.7. The summed E-state index contributed by atoms with van der Waals surface area (Å²) in [6.07, 6.45) is 0.929. The Hall–Kier alpha value is -3.29. The number of aryl methyl sites for hydroxylation is 1. The van der Waals surface area contributed by atoms with E-state index in [9.17, 15) is 23.6 Å². The molecule has 1 aromatic heterocycles. The molecule has 0 saturated carbocycles. The lowest BCUT2D eigenvalue weighted by atomic mass is 9.75. The number of nitrogens with one attached hydrogen (secondary N) is 1. The number of rotatable bonds is 2. The number of nitrogens with zero attached hydrogens (tertiary/aromatic N) is 2. The van der Waals surface area contributed by atoms with Crippen molar-refractivity contribution in [3.8, 4) is 0 Å². The highest BCUT2D eigenvalue weighted by molar-refractivity contribution is 6.02. The minimum atomic E-state index is -0.507. The minimum Gasteiger partial charge on any atom is -0.335 e. The summed E-state index contributed by atoms with van der Waals surface area (Å²) in [7, 11) is 0. The molecule has 0 bridgehead atoms. The number of aromatic amines is 1. The Balaban J connectivity index is 1.47. The van der Waals surface area contributed by atoms with Gasteiger partial charge >= 0.3 is 0 Å². The molecule has 1 N–H and O–H groups in total. The number of piperazine rings is 1. The van der Waals surface area contributed by atoms with Crippen LogP contribution in [0, 0.1) is 18.2 Å². The van der Waals surface area contributed by atoms with Crippen LogP contribution in [-0.2, 0) is 6.42 Å². The first-order valence-electron chi connectivity index (χ1n) is 10.7. The van der Waals surface area contributed by atoms with Crippen molar-refractivity contribution in [2.45, 2.75) is 33.6 Å². The lowest BCUT2D eigenvalue weighted by Gasteiger charge is -2.35. The van der Waals surface area contributed by atoms with Gasteiger partial charge in [0.15, 0.2) is 5.78 Å². The summed E-state index contributed by atoms with van der Waals surface area (Å²) in [6.45, 7) is 6.61. The predicted octanol–water partition coefficient (Wildman–Crippen LogP) is 2.58. The Morgan fingerprint density at radius 2 is 1.59 bits per heavy atom. The number of halogens is 1. The van der Waals surface area contributed by atoms with Crippen LogP contribution in [0.1, 0.15) is 62.6 Å². The average molecular weight is 439 g/mol. The van der Waals surface area contributed by atoms with E-state index in [-0.39, 0.29) is 54.4 Å². The smallest absolute Gasteiger partial charge is 0.261 e. The van der Waals surface area contributed by atoms with Crippen LogP contribution in [0.25, 0.3) is 0 Å². The highest BCUT2D eigenvalue weighted by atomic mass is 19.1. The maximum absolute atomic E-state index is 13.8. The van der Waals surface area contributed by atoms with Gasteiger partial charge in [-0.1, -0.05) is 19.9 Å². The second-order valence-electron chi connectivity index (χ2n) is 9.39. The molecule has 2 heterocycles. The van der Waals surface area contributed by atoms with Crippen LogP contribution in [-0.4, -0.2) is 58.6 Å². The van der Waals surface area contributed by atoms with E-state index >= 15 is 0 Å². The molecule has 2 aromatic rings. The third kappa shape index (κ3) is 4.09. The fourth-order valence-corrected chi connectivity index (χ4v) is 4.38. The number of hydrogen-bond acceptors (Lipinski definition) is 4. The maximum Gasteiger partial charge on any atom is 0.261 e. The summed E-state index contributed by atoms with van der Waals surface area (Å²) in [5.41, 5.74) is 0.915. The fraction of sp³-hybridized carbons (Fsp3) is 0.417. The lowest BCUT2D eigenvalue weighted by Crippen LogP contribution is -2.51. The number of carbonyl (C=O) groups is 3. The summed E-state index contributed by atoms with van der Waals surface area (Å²) in [5.74, 6) is -1.27. The van der Waals surface area contributed by atoms with Crippen LogP contribution in [0.5, 0.6) is 0 Å². The van der Waals surface area contributed by atoms with Gasteiger partial charge in [-0.3, -0.25) is 19.2 Å². The topological polar surface area (TPSA) is 90.6 Å². The van der Waals surface area contributed by atoms with Crippen LogP contribution in [0.4, 0.5) is 4.39 Å². The number of ketones is 1. The quantitative estimate of drug-likeness (QED) is 0.779. The number of Topliss-reactive ketones (excluding diaryl/α,β-unsaturated/α-hetero) is 1. The summed E-state index contributed by atoms with van der Waals surface area (Å²) >= 11 is 0. The second-order valence-corrected chi connectivity index (χ2v) is 9.39. The SMILES string of the molecule is Cc1ccc(C(=O)N2CCN(C(=O)c3cc4c([nH]c3=O)CC(C)(C)CC4=O)CC2)cc1F. The molecule has 1 aliphatic heterocycles. The summed E-state index contributed by atoms with van der Waals surface area (Å²) in [6, 6.07) is 5.79. The van der Waals surface area contributed by atoms with Crippen LogP contribution < -0.4 is 5.56 Å². The molecule has 2 aliphatic rings. The number of H-pyrrole nitrogens is 1. The molecular formula is C24H26FN3O4. The average Bonchev–Trinajstić information content (AvgIpc) is 2.73. The molecule has 168 valence electrons. The molecule has 1 aliphatic carbocycles. The molecule has 0 spiro atoms. The second kappa shape index (κ2) is 8.00. The van der Waals surface area contributed by atoms with Gasteiger partial charge in [-0.05, 0) is 42.5 Å². The van der Waals surface area contributed by atoms with Gasteiger partial charge in [0.25, 0.3) is 17.4 Å². The largest absolute Gasteiger partial charge is 0.335 e. The molecule has 2 amide bonds. The Morgan fingerprint density at radius 3 is 2.22 bits per heavy atom. The van der Waals surface area contributed by atoms with Crippen molar-refractivity contribution in [3.63, 3.8) is 0 Å². The Labute approximate surface area is 185 Å². The molecule has 0 atom stereocenters. The van der Waals surface area contributed by atoms with Crippen molar-refractivity contribution >= 4 is 17.6 Å². The van der Waals surface area contributed by atoms with E-state index in [4.69, 9.17) is 0 Å². The molecular weight excluding hydrogens is 413 g/mol.